The highest BCUT2D eigenvalue weighted by Crippen LogP contribution is 2.30. The molecule has 0 heterocycles. The predicted molar refractivity (Wildman–Crippen MR) is 91.7 cm³/mol. The largest absolute Gasteiger partial charge is 0.353 e. The van der Waals surface area contributed by atoms with Gasteiger partial charge >= 0.3 is 0 Å². The zero-order valence-corrected chi connectivity index (χ0v) is 14.4. The van der Waals surface area contributed by atoms with E-state index in [2.05, 4.69) is 73.6 Å². The van der Waals surface area contributed by atoms with Crippen LogP contribution in [0.3, 0.4) is 0 Å². The van der Waals surface area contributed by atoms with Crippen LogP contribution in [0.4, 0.5) is 0 Å². The fourth-order valence-corrected chi connectivity index (χ4v) is 2.99. The molecular weight excluding hydrogens is 287 g/mol. The Hall–Kier alpha value is -0.880. The van der Waals surface area contributed by atoms with Gasteiger partial charge in [0.2, 0.25) is 0 Å². The lowest BCUT2D eigenvalue weighted by Crippen LogP contribution is -2.03. The van der Waals surface area contributed by atoms with E-state index in [0.29, 0.717) is 0 Å². The molecule has 0 bridgehead atoms. The molecule has 0 N–H and O–H groups in total. The molecule has 1 atom stereocenters. The Balaban J connectivity index is 0.00000200. The van der Waals surface area contributed by atoms with Crippen LogP contribution in [0.2, 0.25) is 0 Å². The molecule has 0 aliphatic carbocycles. The molecular formula is C17H22ClOP. The van der Waals surface area contributed by atoms with Gasteiger partial charge in [-0.25, -0.2) is 0 Å². The molecule has 0 radical (unpaired) electrons. The Morgan fingerprint density at radius 1 is 0.700 bits per heavy atom. The maximum Gasteiger partial charge on any atom is 0.111 e. The fourth-order valence-electron chi connectivity index (χ4n) is 2.67. The highest BCUT2D eigenvalue weighted by molar-refractivity contribution is 7.09. The highest BCUT2D eigenvalue weighted by atomic mass is 35.5. The van der Waals surface area contributed by atoms with E-state index < -0.39 is 0 Å². The lowest BCUT2D eigenvalue weighted by molar-refractivity contribution is 0.293. The molecule has 0 aliphatic heterocycles. The minimum atomic E-state index is -0.0257. The van der Waals surface area contributed by atoms with Gasteiger partial charge in [-0.15, -0.1) is 12.4 Å². The molecule has 0 spiro atoms. The maximum absolute atomic E-state index is 5.66. The van der Waals surface area contributed by atoms with E-state index in [1.54, 1.807) is 0 Å². The van der Waals surface area contributed by atoms with Crippen molar-refractivity contribution in [3.8, 4) is 0 Å². The molecule has 1 unspecified atom stereocenters. The Labute approximate surface area is 130 Å². The molecule has 0 aliphatic rings. The summed E-state index contributed by atoms with van der Waals surface area (Å²) >= 11 is 0. The second kappa shape index (κ2) is 7.22. The van der Waals surface area contributed by atoms with Gasteiger partial charge in [-0.05, 0) is 38.8 Å². The van der Waals surface area contributed by atoms with Gasteiger partial charge < -0.3 is 4.52 Å². The second-order valence-electron chi connectivity index (χ2n) is 5.36. The lowest BCUT2D eigenvalue weighted by Gasteiger charge is -2.18. The average molecular weight is 309 g/mol. The quantitative estimate of drug-likeness (QED) is 0.705. The first-order valence-electron chi connectivity index (χ1n) is 6.51. The van der Waals surface area contributed by atoms with Crippen molar-refractivity contribution in [2.75, 3.05) is 0 Å². The smallest absolute Gasteiger partial charge is 0.111 e. The van der Waals surface area contributed by atoms with E-state index in [-0.39, 0.29) is 18.5 Å². The Morgan fingerprint density at radius 2 is 1.00 bits per heavy atom. The fraction of sp³-hybridized carbons (Fsp3) is 0.294. The van der Waals surface area contributed by atoms with Crippen LogP contribution >= 0.6 is 21.9 Å². The van der Waals surface area contributed by atoms with Crippen LogP contribution in [-0.4, -0.2) is 0 Å². The van der Waals surface area contributed by atoms with E-state index in [1.165, 1.54) is 33.4 Å². The van der Waals surface area contributed by atoms with Crippen molar-refractivity contribution in [2.24, 2.45) is 0 Å². The van der Waals surface area contributed by atoms with Crippen LogP contribution < -0.4 is 0 Å². The monoisotopic (exact) mass is 308 g/mol. The number of aryl methyl sites for hydroxylation is 4. The first-order chi connectivity index (χ1) is 8.99. The van der Waals surface area contributed by atoms with Crippen LogP contribution in [-0.2, 0) is 4.52 Å². The standard InChI is InChI=1S/C17H21OP.ClH/c1-11-5-12(2)8-15(7-11)17(18-19)16-9-13(3)6-14(4)10-16;/h5-10,17H,19H2,1-4H3;1H. The predicted octanol–water partition coefficient (Wildman–Crippen LogP) is 5.24. The minimum absolute atomic E-state index is 0. The normalized spacial score (nSPS) is 10.5. The van der Waals surface area contributed by atoms with Crippen LogP contribution in [0.5, 0.6) is 0 Å². The third-order valence-corrected chi connectivity index (χ3v) is 3.50. The SMILES string of the molecule is Cc1cc(C)cc(C(OP)c2cc(C)cc(C)c2)c1.Cl. The van der Waals surface area contributed by atoms with Crippen LogP contribution in [0.25, 0.3) is 0 Å². The van der Waals surface area contributed by atoms with Crippen LogP contribution in [0, 0.1) is 27.7 Å². The first kappa shape index (κ1) is 17.2. The van der Waals surface area contributed by atoms with E-state index in [9.17, 15) is 0 Å². The topological polar surface area (TPSA) is 9.23 Å². The molecule has 2 aromatic carbocycles. The summed E-state index contributed by atoms with van der Waals surface area (Å²) in [5.41, 5.74) is 7.49. The highest BCUT2D eigenvalue weighted by Gasteiger charge is 2.14. The summed E-state index contributed by atoms with van der Waals surface area (Å²) in [6, 6.07) is 13.1. The third-order valence-electron chi connectivity index (χ3n) is 3.23. The summed E-state index contributed by atoms with van der Waals surface area (Å²) in [6.07, 6.45) is -0.0257. The van der Waals surface area contributed by atoms with Gasteiger partial charge in [0.05, 0.1) is 0 Å². The number of hydrogen-bond donors (Lipinski definition) is 0. The van der Waals surface area contributed by atoms with Gasteiger partial charge in [0.25, 0.3) is 0 Å². The molecule has 2 rings (SSSR count). The summed E-state index contributed by atoms with van der Waals surface area (Å²) < 4.78 is 5.66. The summed E-state index contributed by atoms with van der Waals surface area (Å²) in [4.78, 5) is 0. The zero-order chi connectivity index (χ0) is 14.0. The number of hydrogen-bond acceptors (Lipinski definition) is 1. The number of halogens is 1. The summed E-state index contributed by atoms with van der Waals surface area (Å²) in [5, 5.41) is 0. The Bertz CT molecular complexity index is 504. The van der Waals surface area contributed by atoms with Crippen LogP contribution in [0.15, 0.2) is 36.4 Å². The van der Waals surface area contributed by atoms with Gasteiger partial charge in [0.15, 0.2) is 0 Å². The molecule has 20 heavy (non-hydrogen) atoms. The molecule has 2 aromatic rings. The molecule has 0 saturated carbocycles. The van der Waals surface area contributed by atoms with Crippen molar-refractivity contribution in [3.63, 3.8) is 0 Å². The third kappa shape index (κ3) is 4.06. The Kier molecular flexibility index (Phi) is 6.20. The Morgan fingerprint density at radius 3 is 1.25 bits per heavy atom. The van der Waals surface area contributed by atoms with E-state index >= 15 is 0 Å². The number of rotatable bonds is 3. The molecule has 0 amide bonds. The second-order valence-corrected chi connectivity index (χ2v) is 5.63. The number of benzene rings is 2. The van der Waals surface area contributed by atoms with Gasteiger partial charge in [-0.3, -0.25) is 0 Å². The van der Waals surface area contributed by atoms with Gasteiger partial charge in [0, 0.05) is 9.47 Å². The van der Waals surface area contributed by atoms with Gasteiger partial charge in [-0.1, -0.05) is 58.7 Å². The molecule has 0 fully saturated rings. The van der Waals surface area contributed by atoms with Crippen molar-refractivity contribution in [1.29, 1.82) is 0 Å². The molecule has 3 heteroatoms. The first-order valence-corrected chi connectivity index (χ1v) is 6.98. The molecule has 0 saturated heterocycles. The molecule has 0 aromatic heterocycles. The van der Waals surface area contributed by atoms with Crippen molar-refractivity contribution >= 4 is 21.9 Å². The maximum atomic E-state index is 5.66. The summed E-state index contributed by atoms with van der Waals surface area (Å²) in [7, 11) is 2.40. The average Bonchev–Trinajstić information content (AvgIpc) is 2.27. The summed E-state index contributed by atoms with van der Waals surface area (Å²) in [6.45, 7) is 8.49. The lowest BCUT2D eigenvalue weighted by atomic mass is 9.96. The summed E-state index contributed by atoms with van der Waals surface area (Å²) in [5.74, 6) is 0. The minimum Gasteiger partial charge on any atom is -0.353 e. The molecule has 108 valence electrons. The zero-order valence-electron chi connectivity index (χ0n) is 12.4. The van der Waals surface area contributed by atoms with Crippen molar-refractivity contribution in [1.82, 2.24) is 0 Å². The van der Waals surface area contributed by atoms with Gasteiger partial charge in [0.1, 0.15) is 6.10 Å². The van der Waals surface area contributed by atoms with Crippen LogP contribution in [0.1, 0.15) is 39.5 Å². The van der Waals surface area contributed by atoms with Crippen molar-refractivity contribution < 1.29 is 4.52 Å². The van der Waals surface area contributed by atoms with E-state index in [4.69, 9.17) is 4.52 Å². The van der Waals surface area contributed by atoms with E-state index in [1.807, 2.05) is 0 Å². The van der Waals surface area contributed by atoms with Crippen molar-refractivity contribution in [3.05, 3.63) is 69.8 Å². The van der Waals surface area contributed by atoms with Crippen molar-refractivity contribution in [2.45, 2.75) is 33.8 Å². The van der Waals surface area contributed by atoms with E-state index in [0.717, 1.165) is 0 Å². The van der Waals surface area contributed by atoms with Gasteiger partial charge in [-0.2, -0.15) is 0 Å². The molecule has 1 nitrogen and oxygen atoms in total.